The quantitative estimate of drug-likeness (QED) is 0.490. The highest BCUT2D eigenvalue weighted by atomic mass is 32.2. The van der Waals surface area contributed by atoms with Gasteiger partial charge in [0, 0.05) is 43.1 Å². The van der Waals surface area contributed by atoms with Crippen molar-refractivity contribution in [2.45, 2.75) is 62.6 Å². The van der Waals surface area contributed by atoms with E-state index in [4.69, 9.17) is 0 Å². The number of hydrogen-bond acceptors (Lipinski definition) is 9. The van der Waals surface area contributed by atoms with Crippen molar-refractivity contribution in [1.82, 2.24) is 30.0 Å². The number of benzene rings is 1. The summed E-state index contributed by atoms with van der Waals surface area (Å²) in [7, 11) is -2.48. The van der Waals surface area contributed by atoms with E-state index in [2.05, 4.69) is 25.3 Å². The topological polar surface area (TPSA) is 122 Å². The summed E-state index contributed by atoms with van der Waals surface area (Å²) in [4.78, 5) is 15.4. The van der Waals surface area contributed by atoms with Gasteiger partial charge in [-0.3, -0.25) is 4.79 Å². The first-order valence-electron chi connectivity index (χ1n) is 11.6. The molecule has 2 atom stereocenters. The Bertz CT molecular complexity index is 1490. The van der Waals surface area contributed by atoms with Gasteiger partial charge in [0.25, 0.3) is 12.0 Å². The molecule has 10 nitrogen and oxygen atoms in total. The summed E-state index contributed by atoms with van der Waals surface area (Å²) in [6.07, 6.45) is -1.35. The van der Waals surface area contributed by atoms with Crippen LogP contribution in [0.2, 0.25) is 0 Å². The predicted molar refractivity (Wildman–Crippen MR) is 133 cm³/mol. The number of nitrogens with one attached hydrogen (secondary N) is 2. The van der Waals surface area contributed by atoms with E-state index in [0.29, 0.717) is 30.1 Å². The average molecular weight is 540 g/mol. The maximum absolute atomic E-state index is 13.4. The lowest BCUT2D eigenvalue weighted by Gasteiger charge is -2.38. The molecule has 2 aliphatic rings. The number of rotatable bonds is 6. The molecule has 1 aromatic carbocycles. The smallest absolute Gasteiger partial charge is 0.291 e. The largest absolute Gasteiger partial charge is 0.368 e. The molecule has 36 heavy (non-hydrogen) atoms. The van der Waals surface area contributed by atoms with E-state index in [9.17, 15) is 22.0 Å². The zero-order valence-corrected chi connectivity index (χ0v) is 21.9. The van der Waals surface area contributed by atoms with E-state index >= 15 is 0 Å². The van der Waals surface area contributed by atoms with E-state index in [-0.39, 0.29) is 38.5 Å². The number of fused-ring (bicyclic) bond motifs is 1. The second-order valence-electron chi connectivity index (χ2n) is 9.93. The van der Waals surface area contributed by atoms with E-state index in [1.165, 1.54) is 19.2 Å². The van der Waals surface area contributed by atoms with Crippen LogP contribution in [0.1, 0.15) is 45.0 Å². The van der Waals surface area contributed by atoms with Gasteiger partial charge in [-0.15, -0.1) is 10.2 Å². The standard InChI is InChI=1S/C22H27F2N7O3S2/c1-11-9-31(10-12(2)25-11)15-8-13(36(33,34)29-22(3)5-6-22)7-14-16(15)21(32)30(4)28-17(14)19-26-27-20(35-19)18(23)24/h7-8,11-12,18,25,29H,5-6,9-10H2,1-4H3/t11-,12-/m0/s1. The molecule has 1 aliphatic carbocycles. The van der Waals surface area contributed by atoms with Crippen LogP contribution in [0.4, 0.5) is 14.5 Å². The van der Waals surface area contributed by atoms with Crippen molar-refractivity contribution >= 4 is 37.8 Å². The monoisotopic (exact) mass is 539 g/mol. The second kappa shape index (κ2) is 8.78. The number of piperazine rings is 1. The lowest BCUT2D eigenvalue weighted by molar-refractivity contribution is 0.150. The molecule has 3 heterocycles. The minimum Gasteiger partial charge on any atom is -0.368 e. The summed E-state index contributed by atoms with van der Waals surface area (Å²) < 4.78 is 57.2. The lowest BCUT2D eigenvalue weighted by atomic mass is 10.1. The van der Waals surface area contributed by atoms with Crippen LogP contribution in [0, 0.1) is 0 Å². The van der Waals surface area contributed by atoms with Gasteiger partial charge in [0.1, 0.15) is 5.69 Å². The lowest BCUT2D eigenvalue weighted by Crippen LogP contribution is -2.54. The predicted octanol–water partition coefficient (Wildman–Crippen LogP) is 2.41. The van der Waals surface area contributed by atoms with E-state index in [0.717, 1.165) is 17.5 Å². The maximum Gasteiger partial charge on any atom is 0.291 e. The van der Waals surface area contributed by atoms with Gasteiger partial charge in [0.05, 0.1) is 16.0 Å². The number of nitrogens with zero attached hydrogens (tertiary/aromatic N) is 5. The minimum absolute atomic E-state index is 0.0214. The fraction of sp³-hybridized carbons (Fsp3) is 0.545. The van der Waals surface area contributed by atoms with Crippen molar-refractivity contribution in [2.24, 2.45) is 7.05 Å². The molecule has 2 N–H and O–H groups in total. The van der Waals surface area contributed by atoms with Crippen molar-refractivity contribution in [3.8, 4) is 10.7 Å². The number of aromatic nitrogens is 4. The summed E-state index contributed by atoms with van der Waals surface area (Å²) in [5.41, 5.74) is -0.349. The van der Waals surface area contributed by atoms with Gasteiger partial charge >= 0.3 is 0 Å². The molecule has 1 saturated heterocycles. The van der Waals surface area contributed by atoms with Crippen molar-refractivity contribution < 1.29 is 17.2 Å². The molecule has 0 bridgehead atoms. The summed E-state index contributed by atoms with van der Waals surface area (Å²) in [5, 5.41) is 15.2. The van der Waals surface area contributed by atoms with Crippen LogP contribution in [0.3, 0.4) is 0 Å². The van der Waals surface area contributed by atoms with Crippen LogP contribution < -0.4 is 20.5 Å². The Morgan fingerprint density at radius 1 is 1.19 bits per heavy atom. The third-order valence-electron chi connectivity index (χ3n) is 6.52. The Kier molecular flexibility index (Phi) is 6.13. The minimum atomic E-state index is -3.95. The Labute approximate surface area is 210 Å². The van der Waals surface area contributed by atoms with Crippen LogP contribution in [0.25, 0.3) is 21.5 Å². The van der Waals surface area contributed by atoms with E-state index < -0.39 is 32.6 Å². The third-order valence-corrected chi connectivity index (χ3v) is 9.08. The first kappa shape index (κ1) is 25.1. The molecule has 0 unspecified atom stereocenters. The van der Waals surface area contributed by atoms with Gasteiger partial charge in [-0.05, 0) is 45.7 Å². The zero-order chi connectivity index (χ0) is 26.0. The van der Waals surface area contributed by atoms with E-state index in [1.807, 2.05) is 25.7 Å². The number of aryl methyl sites for hydroxylation is 1. The van der Waals surface area contributed by atoms with Gasteiger partial charge in [-0.25, -0.2) is 26.6 Å². The summed E-state index contributed by atoms with van der Waals surface area (Å²) in [6.45, 7) is 6.95. The first-order chi connectivity index (χ1) is 16.9. The van der Waals surface area contributed by atoms with Crippen LogP contribution in [-0.4, -0.2) is 59.1 Å². The highest BCUT2D eigenvalue weighted by Crippen LogP contribution is 2.39. The molecule has 0 radical (unpaired) electrons. The summed E-state index contributed by atoms with van der Waals surface area (Å²) >= 11 is 0.660. The van der Waals surface area contributed by atoms with Crippen molar-refractivity contribution in [3.63, 3.8) is 0 Å². The number of sulfonamides is 1. The second-order valence-corrected chi connectivity index (χ2v) is 12.6. The average Bonchev–Trinajstić information content (AvgIpc) is 3.29. The molecular formula is C22H27F2N7O3S2. The summed E-state index contributed by atoms with van der Waals surface area (Å²) in [6, 6.07) is 3.09. The molecule has 0 spiro atoms. The van der Waals surface area contributed by atoms with E-state index in [1.54, 1.807) is 0 Å². The molecule has 194 valence electrons. The fourth-order valence-corrected chi connectivity index (χ4v) is 6.81. The third kappa shape index (κ3) is 4.62. The van der Waals surface area contributed by atoms with Crippen LogP contribution in [0.15, 0.2) is 21.8 Å². The van der Waals surface area contributed by atoms with Gasteiger partial charge in [0.15, 0.2) is 10.0 Å². The van der Waals surface area contributed by atoms with Gasteiger partial charge < -0.3 is 10.2 Å². The summed E-state index contributed by atoms with van der Waals surface area (Å²) in [5.74, 6) is 0. The van der Waals surface area contributed by atoms with Gasteiger partial charge in [-0.2, -0.15) is 5.10 Å². The number of anilines is 1. The Hall–Kier alpha value is -2.55. The van der Waals surface area contributed by atoms with Crippen molar-refractivity contribution in [2.75, 3.05) is 18.0 Å². The van der Waals surface area contributed by atoms with Crippen LogP contribution in [-0.2, 0) is 17.1 Å². The molecular weight excluding hydrogens is 512 g/mol. The Morgan fingerprint density at radius 3 is 2.44 bits per heavy atom. The molecule has 0 amide bonds. The molecule has 2 aromatic heterocycles. The maximum atomic E-state index is 13.4. The van der Waals surface area contributed by atoms with Gasteiger partial charge in [0.2, 0.25) is 10.0 Å². The SMILES string of the molecule is C[C@H]1CN(c2cc(S(=O)(=O)NC3(C)CC3)cc3c(-c4nnc(C(F)F)s4)nn(C)c(=O)c23)C[C@H](C)N1. The normalized spacial score (nSPS) is 21.9. The number of alkyl halides is 2. The van der Waals surface area contributed by atoms with Crippen LogP contribution >= 0.6 is 11.3 Å². The molecule has 1 aliphatic heterocycles. The number of hydrogen-bond donors (Lipinski definition) is 2. The Balaban J connectivity index is 1.79. The van der Waals surface area contributed by atoms with Crippen LogP contribution in [0.5, 0.6) is 0 Å². The van der Waals surface area contributed by atoms with Crippen molar-refractivity contribution in [1.29, 1.82) is 0 Å². The zero-order valence-electron chi connectivity index (χ0n) is 20.2. The molecule has 2 fully saturated rings. The molecule has 1 saturated carbocycles. The molecule has 14 heteroatoms. The molecule has 3 aromatic rings. The Morgan fingerprint density at radius 2 is 1.86 bits per heavy atom. The first-order valence-corrected chi connectivity index (χ1v) is 13.9. The molecule has 5 rings (SSSR count). The highest BCUT2D eigenvalue weighted by molar-refractivity contribution is 7.89. The van der Waals surface area contributed by atoms with Crippen molar-refractivity contribution in [3.05, 3.63) is 27.5 Å². The fourth-order valence-electron chi connectivity index (χ4n) is 4.60. The highest BCUT2D eigenvalue weighted by Gasteiger charge is 2.41. The number of halogens is 2. The van der Waals surface area contributed by atoms with Gasteiger partial charge in [-0.1, -0.05) is 11.3 Å².